The van der Waals surface area contributed by atoms with Crippen LogP contribution in [0.1, 0.15) is 44.9 Å². The highest BCUT2D eigenvalue weighted by Gasteiger charge is 2.30. The maximum absolute atomic E-state index is 11.7. The van der Waals surface area contributed by atoms with Crippen LogP contribution in [0, 0.1) is 0 Å². The summed E-state index contributed by atoms with van der Waals surface area (Å²) in [5.41, 5.74) is 0. The lowest BCUT2D eigenvalue weighted by Crippen LogP contribution is -2.47. The van der Waals surface area contributed by atoms with Crippen molar-refractivity contribution >= 4 is 0 Å². The first kappa shape index (κ1) is 9.47. The van der Waals surface area contributed by atoms with Crippen molar-refractivity contribution in [3.8, 4) is 0 Å². The highest BCUT2D eigenvalue weighted by molar-refractivity contribution is 4.84. The van der Waals surface area contributed by atoms with Gasteiger partial charge in [-0.2, -0.15) is 0 Å². The predicted octanol–water partition coefficient (Wildman–Crippen LogP) is 2.21. The molecule has 2 aliphatic rings. The third-order valence-corrected chi connectivity index (χ3v) is 3.53. The van der Waals surface area contributed by atoms with Gasteiger partial charge in [-0.1, -0.05) is 19.3 Å². The van der Waals surface area contributed by atoms with Gasteiger partial charge in [0.15, 0.2) is 0 Å². The molecule has 0 N–H and O–H groups in total. The maximum atomic E-state index is 11.7. The molecule has 0 bridgehead atoms. The summed E-state index contributed by atoms with van der Waals surface area (Å²) in [6.07, 6.45) is 8.22. The zero-order chi connectivity index (χ0) is 9.10. The van der Waals surface area contributed by atoms with E-state index in [1.165, 1.54) is 45.2 Å². The van der Waals surface area contributed by atoms with Gasteiger partial charge in [-0.3, -0.25) is 4.90 Å². The summed E-state index contributed by atoms with van der Waals surface area (Å²) in [6.45, 7) is 2.37. The van der Waals surface area contributed by atoms with Crippen LogP contribution >= 0.6 is 0 Å². The maximum Gasteiger partial charge on any atom is 0.108 e. The summed E-state index contributed by atoms with van der Waals surface area (Å²) in [5.74, 6) is 0. The van der Waals surface area contributed by atoms with Crippen molar-refractivity contribution in [1.82, 2.24) is 4.90 Å². The van der Waals surface area contributed by atoms with E-state index in [4.69, 9.17) is 0 Å². The Labute approximate surface area is 80.9 Å². The van der Waals surface area contributed by atoms with Crippen LogP contribution in [0.2, 0.25) is 0 Å². The van der Waals surface area contributed by atoms with E-state index in [9.17, 15) is 5.11 Å². The molecule has 13 heavy (non-hydrogen) atoms. The summed E-state index contributed by atoms with van der Waals surface area (Å²) >= 11 is 0. The predicted molar refractivity (Wildman–Crippen MR) is 52.2 cm³/mol. The molecule has 1 saturated heterocycles. The molecule has 1 saturated carbocycles. The van der Waals surface area contributed by atoms with Gasteiger partial charge in [0.05, 0.1) is 0 Å². The smallest absolute Gasteiger partial charge is 0.108 e. The Morgan fingerprint density at radius 3 is 2.23 bits per heavy atom. The minimum atomic E-state index is -0.285. The van der Waals surface area contributed by atoms with Crippen molar-refractivity contribution in [2.75, 3.05) is 13.1 Å². The molecule has 1 aliphatic heterocycles. The molecule has 0 spiro atoms. The van der Waals surface area contributed by atoms with Crippen molar-refractivity contribution in [3.63, 3.8) is 0 Å². The standard InChI is InChI=1S/C11H20NO/c13-11-7-3-2-6-10(11)12-8-4-1-5-9-12/h10-11H,1-9H2/t10-,11-/m1/s1. The third kappa shape index (κ3) is 2.23. The molecule has 75 valence electrons. The lowest BCUT2D eigenvalue weighted by molar-refractivity contribution is -0.0298. The summed E-state index contributed by atoms with van der Waals surface area (Å²) in [7, 11) is 0. The Kier molecular flexibility index (Phi) is 3.23. The van der Waals surface area contributed by atoms with Crippen LogP contribution in [0.5, 0.6) is 0 Å². The molecule has 0 aromatic rings. The molecule has 2 rings (SSSR count). The number of piperidine rings is 1. The van der Waals surface area contributed by atoms with E-state index in [0.29, 0.717) is 6.04 Å². The first-order chi connectivity index (χ1) is 6.38. The van der Waals surface area contributed by atoms with E-state index in [2.05, 4.69) is 4.90 Å². The topological polar surface area (TPSA) is 23.1 Å². The largest absolute Gasteiger partial charge is 0.298 e. The minimum absolute atomic E-state index is 0.285. The van der Waals surface area contributed by atoms with Gasteiger partial charge in [0.2, 0.25) is 0 Å². The highest BCUT2D eigenvalue weighted by Crippen LogP contribution is 2.25. The summed E-state index contributed by atoms with van der Waals surface area (Å²) in [4.78, 5) is 2.46. The van der Waals surface area contributed by atoms with Crippen LogP contribution in [0.3, 0.4) is 0 Å². The molecule has 2 nitrogen and oxygen atoms in total. The molecule has 2 heteroatoms. The molecular weight excluding hydrogens is 162 g/mol. The van der Waals surface area contributed by atoms with E-state index in [1.54, 1.807) is 0 Å². The van der Waals surface area contributed by atoms with Crippen molar-refractivity contribution in [2.45, 2.75) is 57.1 Å². The second-order valence-corrected chi connectivity index (χ2v) is 4.49. The zero-order valence-electron chi connectivity index (χ0n) is 8.37. The van der Waals surface area contributed by atoms with Crippen molar-refractivity contribution in [1.29, 1.82) is 0 Å². The molecule has 0 amide bonds. The third-order valence-electron chi connectivity index (χ3n) is 3.53. The lowest BCUT2D eigenvalue weighted by Gasteiger charge is -2.38. The number of nitrogens with zero attached hydrogens (tertiary/aromatic N) is 1. The zero-order valence-corrected chi connectivity index (χ0v) is 8.37. The average Bonchev–Trinajstić information content (AvgIpc) is 2.20. The van der Waals surface area contributed by atoms with Gasteiger partial charge in [-0.05, 0) is 38.8 Å². The fraction of sp³-hybridized carbons (Fsp3) is 1.00. The van der Waals surface area contributed by atoms with Crippen LogP contribution < -0.4 is 0 Å². The fourth-order valence-electron chi connectivity index (χ4n) is 2.75. The lowest BCUT2D eigenvalue weighted by atomic mass is 9.90. The Morgan fingerprint density at radius 1 is 0.846 bits per heavy atom. The molecule has 1 aliphatic carbocycles. The summed E-state index contributed by atoms with van der Waals surface area (Å²) < 4.78 is 0. The molecule has 2 atom stereocenters. The number of hydrogen-bond donors (Lipinski definition) is 0. The van der Waals surface area contributed by atoms with Crippen molar-refractivity contribution in [3.05, 3.63) is 0 Å². The second kappa shape index (κ2) is 4.43. The van der Waals surface area contributed by atoms with Crippen molar-refractivity contribution in [2.24, 2.45) is 0 Å². The number of hydrogen-bond acceptors (Lipinski definition) is 1. The second-order valence-electron chi connectivity index (χ2n) is 4.49. The van der Waals surface area contributed by atoms with E-state index in [1.807, 2.05) is 0 Å². The Morgan fingerprint density at radius 2 is 1.54 bits per heavy atom. The molecule has 1 heterocycles. The quantitative estimate of drug-likeness (QED) is 0.610. The minimum Gasteiger partial charge on any atom is -0.298 e. The van der Waals surface area contributed by atoms with Gasteiger partial charge in [0.1, 0.15) is 6.10 Å². The Bertz CT molecular complexity index is 154. The number of likely N-dealkylation sites (tertiary alicyclic amines) is 1. The fourth-order valence-corrected chi connectivity index (χ4v) is 2.75. The monoisotopic (exact) mass is 182 g/mol. The van der Waals surface area contributed by atoms with Crippen LogP contribution in [0.4, 0.5) is 0 Å². The van der Waals surface area contributed by atoms with Crippen LogP contribution in [-0.4, -0.2) is 30.1 Å². The Hall–Kier alpha value is -0.0800. The number of rotatable bonds is 1. The van der Waals surface area contributed by atoms with E-state index in [0.717, 1.165) is 12.8 Å². The van der Waals surface area contributed by atoms with Crippen LogP contribution in [0.25, 0.3) is 0 Å². The van der Waals surface area contributed by atoms with Gasteiger partial charge in [-0.25, -0.2) is 5.11 Å². The molecule has 0 unspecified atom stereocenters. The summed E-state index contributed by atoms with van der Waals surface area (Å²) in [5, 5.41) is 11.7. The van der Waals surface area contributed by atoms with Gasteiger partial charge in [0.25, 0.3) is 0 Å². The van der Waals surface area contributed by atoms with E-state index >= 15 is 0 Å². The molecule has 1 radical (unpaired) electrons. The van der Waals surface area contributed by atoms with E-state index < -0.39 is 0 Å². The van der Waals surface area contributed by atoms with Crippen molar-refractivity contribution < 1.29 is 5.11 Å². The Balaban J connectivity index is 1.88. The molecular formula is C11H20NO. The van der Waals surface area contributed by atoms with Gasteiger partial charge in [-0.15, -0.1) is 0 Å². The first-order valence-corrected chi connectivity index (χ1v) is 5.78. The van der Waals surface area contributed by atoms with Crippen LogP contribution in [-0.2, 0) is 5.11 Å². The van der Waals surface area contributed by atoms with E-state index in [-0.39, 0.29) is 6.10 Å². The molecule has 2 fully saturated rings. The van der Waals surface area contributed by atoms with Gasteiger partial charge < -0.3 is 0 Å². The first-order valence-electron chi connectivity index (χ1n) is 5.78. The SMILES string of the molecule is [O][C@@H]1CCCC[C@H]1N1CCCCC1. The van der Waals surface area contributed by atoms with Crippen LogP contribution in [0.15, 0.2) is 0 Å². The molecule has 0 aromatic heterocycles. The average molecular weight is 182 g/mol. The molecule has 0 aromatic carbocycles. The highest BCUT2D eigenvalue weighted by atomic mass is 16.3. The van der Waals surface area contributed by atoms with Gasteiger partial charge in [0, 0.05) is 6.04 Å². The normalized spacial score (nSPS) is 37.6. The summed E-state index contributed by atoms with van der Waals surface area (Å²) in [6, 6.07) is 0.383. The van der Waals surface area contributed by atoms with Gasteiger partial charge >= 0.3 is 0 Å².